The largest absolute Gasteiger partial charge is 0.480 e. The number of carbonyl (C=O) groups excluding carboxylic acids is 1. The number of halogens is 1. The summed E-state index contributed by atoms with van der Waals surface area (Å²) < 4.78 is 0. The predicted octanol–water partition coefficient (Wildman–Crippen LogP) is 2.65. The third-order valence-electron chi connectivity index (χ3n) is 2.43. The van der Waals surface area contributed by atoms with Crippen LogP contribution in [0.4, 0.5) is 0 Å². The van der Waals surface area contributed by atoms with Gasteiger partial charge in [-0.15, -0.1) is 11.8 Å². The van der Waals surface area contributed by atoms with Crippen LogP contribution in [0.15, 0.2) is 23.1 Å². The Morgan fingerprint density at radius 3 is 2.67 bits per heavy atom. The van der Waals surface area contributed by atoms with Crippen molar-refractivity contribution < 1.29 is 14.7 Å². The van der Waals surface area contributed by atoms with Crippen molar-refractivity contribution in [2.45, 2.75) is 24.3 Å². The molecule has 0 heterocycles. The van der Waals surface area contributed by atoms with Crippen LogP contribution in [0.5, 0.6) is 0 Å². The molecule has 0 aliphatic rings. The standard InChI is InChI=1S/C12H14ClNO3S/c1-3-10(12(16)17)14-11(15)8-6-7(18-2)4-5-9(8)13/h4-6,10H,3H2,1-2H3,(H,14,15)(H,16,17)/t10-/m0/s1. The monoisotopic (exact) mass is 287 g/mol. The molecule has 0 radical (unpaired) electrons. The number of nitrogens with one attached hydrogen (secondary N) is 1. The van der Waals surface area contributed by atoms with E-state index in [0.29, 0.717) is 17.0 Å². The van der Waals surface area contributed by atoms with Crippen LogP contribution in [0.1, 0.15) is 23.7 Å². The fourth-order valence-electron chi connectivity index (χ4n) is 1.38. The Labute approximate surface area is 115 Å². The molecule has 2 N–H and O–H groups in total. The zero-order chi connectivity index (χ0) is 13.7. The summed E-state index contributed by atoms with van der Waals surface area (Å²) in [4.78, 5) is 23.7. The van der Waals surface area contributed by atoms with Crippen LogP contribution in [0.25, 0.3) is 0 Å². The van der Waals surface area contributed by atoms with Gasteiger partial charge in [-0.2, -0.15) is 0 Å². The zero-order valence-electron chi connectivity index (χ0n) is 10.1. The van der Waals surface area contributed by atoms with E-state index in [1.54, 1.807) is 25.1 Å². The van der Waals surface area contributed by atoms with Gasteiger partial charge in [0.2, 0.25) is 0 Å². The van der Waals surface area contributed by atoms with Gasteiger partial charge in [0.25, 0.3) is 5.91 Å². The van der Waals surface area contributed by atoms with E-state index in [9.17, 15) is 9.59 Å². The van der Waals surface area contributed by atoms with Gasteiger partial charge in [0.05, 0.1) is 10.6 Å². The normalized spacial score (nSPS) is 11.9. The second kappa shape index (κ2) is 6.66. The summed E-state index contributed by atoms with van der Waals surface area (Å²) in [6, 6.07) is 4.19. The Morgan fingerprint density at radius 1 is 1.50 bits per heavy atom. The lowest BCUT2D eigenvalue weighted by atomic mass is 10.1. The van der Waals surface area contributed by atoms with E-state index < -0.39 is 17.9 Å². The van der Waals surface area contributed by atoms with Crippen LogP contribution in [0.3, 0.4) is 0 Å². The maximum Gasteiger partial charge on any atom is 0.326 e. The molecule has 0 saturated heterocycles. The van der Waals surface area contributed by atoms with Crippen molar-refractivity contribution in [3.8, 4) is 0 Å². The number of amides is 1. The maximum atomic E-state index is 11.9. The van der Waals surface area contributed by atoms with Crippen LogP contribution in [-0.4, -0.2) is 29.3 Å². The highest BCUT2D eigenvalue weighted by molar-refractivity contribution is 7.98. The van der Waals surface area contributed by atoms with Crippen LogP contribution >= 0.6 is 23.4 Å². The van der Waals surface area contributed by atoms with Crippen molar-refractivity contribution >= 4 is 35.2 Å². The molecule has 0 aliphatic heterocycles. The Morgan fingerprint density at radius 2 is 2.17 bits per heavy atom. The molecular weight excluding hydrogens is 274 g/mol. The Hall–Kier alpha value is -1.20. The van der Waals surface area contributed by atoms with Gasteiger partial charge in [-0.1, -0.05) is 18.5 Å². The minimum Gasteiger partial charge on any atom is -0.480 e. The summed E-state index contributed by atoms with van der Waals surface area (Å²) in [6.45, 7) is 1.69. The Balaban J connectivity index is 2.93. The van der Waals surface area contributed by atoms with E-state index in [1.165, 1.54) is 11.8 Å². The third-order valence-corrected chi connectivity index (χ3v) is 3.48. The molecule has 0 bridgehead atoms. The van der Waals surface area contributed by atoms with Crippen molar-refractivity contribution in [3.63, 3.8) is 0 Å². The van der Waals surface area contributed by atoms with E-state index in [4.69, 9.17) is 16.7 Å². The summed E-state index contributed by atoms with van der Waals surface area (Å²) in [5, 5.41) is 11.6. The molecule has 1 rings (SSSR count). The lowest BCUT2D eigenvalue weighted by molar-refractivity contribution is -0.139. The third kappa shape index (κ3) is 3.65. The van der Waals surface area contributed by atoms with Gasteiger partial charge in [-0.25, -0.2) is 4.79 Å². The van der Waals surface area contributed by atoms with Crippen LogP contribution < -0.4 is 5.32 Å². The average molecular weight is 288 g/mol. The van der Waals surface area contributed by atoms with Crippen molar-refractivity contribution in [1.29, 1.82) is 0 Å². The van der Waals surface area contributed by atoms with Gasteiger partial charge in [0.1, 0.15) is 6.04 Å². The molecule has 6 heteroatoms. The summed E-state index contributed by atoms with van der Waals surface area (Å²) in [6.07, 6.45) is 2.21. The lowest BCUT2D eigenvalue weighted by Gasteiger charge is -2.13. The molecule has 0 aliphatic carbocycles. The molecule has 18 heavy (non-hydrogen) atoms. The minimum absolute atomic E-state index is 0.295. The van der Waals surface area contributed by atoms with E-state index in [2.05, 4.69) is 5.32 Å². The molecule has 0 spiro atoms. The summed E-state index contributed by atoms with van der Waals surface area (Å²) in [7, 11) is 0. The molecule has 0 aromatic heterocycles. The molecule has 1 aromatic carbocycles. The quantitative estimate of drug-likeness (QED) is 0.817. The molecule has 1 amide bonds. The topological polar surface area (TPSA) is 66.4 Å². The van der Waals surface area contributed by atoms with Crippen molar-refractivity contribution in [1.82, 2.24) is 5.32 Å². The van der Waals surface area contributed by atoms with Crippen molar-refractivity contribution in [2.75, 3.05) is 6.26 Å². The highest BCUT2D eigenvalue weighted by Crippen LogP contribution is 2.23. The minimum atomic E-state index is -1.05. The summed E-state index contributed by atoms with van der Waals surface area (Å²) in [5.41, 5.74) is 0.295. The highest BCUT2D eigenvalue weighted by atomic mass is 35.5. The second-order valence-corrected chi connectivity index (χ2v) is 4.91. The average Bonchev–Trinajstić information content (AvgIpc) is 2.35. The van der Waals surface area contributed by atoms with E-state index >= 15 is 0 Å². The SMILES string of the molecule is CC[C@H](NC(=O)c1cc(SC)ccc1Cl)C(=O)O. The van der Waals surface area contributed by atoms with E-state index in [-0.39, 0.29) is 0 Å². The number of carboxylic acid groups (broad SMARTS) is 1. The Bertz CT molecular complexity index is 465. The van der Waals surface area contributed by atoms with Crippen LogP contribution in [-0.2, 0) is 4.79 Å². The molecule has 0 fully saturated rings. The van der Waals surface area contributed by atoms with Gasteiger partial charge < -0.3 is 10.4 Å². The first kappa shape index (κ1) is 14.9. The molecule has 4 nitrogen and oxygen atoms in total. The molecule has 1 atom stereocenters. The van der Waals surface area contributed by atoms with E-state index in [0.717, 1.165) is 4.90 Å². The predicted molar refractivity (Wildman–Crippen MR) is 72.4 cm³/mol. The number of carboxylic acids is 1. The van der Waals surface area contributed by atoms with Gasteiger partial charge in [-0.3, -0.25) is 4.79 Å². The molecule has 0 unspecified atom stereocenters. The van der Waals surface area contributed by atoms with Gasteiger partial charge in [0.15, 0.2) is 0 Å². The number of carbonyl (C=O) groups is 2. The maximum absolute atomic E-state index is 11.9. The smallest absolute Gasteiger partial charge is 0.326 e. The summed E-state index contributed by atoms with van der Waals surface area (Å²) in [5.74, 6) is -1.52. The van der Waals surface area contributed by atoms with Crippen LogP contribution in [0, 0.1) is 0 Å². The van der Waals surface area contributed by atoms with Gasteiger partial charge in [0, 0.05) is 4.90 Å². The zero-order valence-corrected chi connectivity index (χ0v) is 11.6. The number of hydrogen-bond donors (Lipinski definition) is 2. The number of benzene rings is 1. The Kier molecular flexibility index (Phi) is 5.50. The van der Waals surface area contributed by atoms with Gasteiger partial charge >= 0.3 is 5.97 Å². The summed E-state index contributed by atoms with van der Waals surface area (Å²) >= 11 is 7.42. The lowest BCUT2D eigenvalue weighted by Crippen LogP contribution is -2.40. The number of thioether (sulfide) groups is 1. The highest BCUT2D eigenvalue weighted by Gasteiger charge is 2.20. The van der Waals surface area contributed by atoms with E-state index in [1.807, 2.05) is 6.26 Å². The fraction of sp³-hybridized carbons (Fsp3) is 0.333. The van der Waals surface area contributed by atoms with Gasteiger partial charge in [-0.05, 0) is 30.9 Å². The molecule has 0 saturated carbocycles. The molecule has 98 valence electrons. The first-order chi connectivity index (χ1) is 8.49. The fourth-order valence-corrected chi connectivity index (χ4v) is 2.02. The second-order valence-electron chi connectivity index (χ2n) is 3.62. The molecule has 1 aromatic rings. The number of rotatable bonds is 5. The number of hydrogen-bond acceptors (Lipinski definition) is 3. The van der Waals surface area contributed by atoms with Crippen molar-refractivity contribution in [3.05, 3.63) is 28.8 Å². The number of aliphatic carboxylic acids is 1. The van der Waals surface area contributed by atoms with Crippen molar-refractivity contribution in [2.24, 2.45) is 0 Å². The molecular formula is C12H14ClNO3S. The van der Waals surface area contributed by atoms with Crippen LogP contribution in [0.2, 0.25) is 5.02 Å². The first-order valence-electron chi connectivity index (χ1n) is 5.36. The first-order valence-corrected chi connectivity index (χ1v) is 6.97.